The molecule has 1 amide bonds. The Morgan fingerprint density at radius 2 is 2.20 bits per heavy atom. The maximum atomic E-state index is 11.7. The van der Waals surface area contributed by atoms with E-state index in [0.29, 0.717) is 13.0 Å². The summed E-state index contributed by atoms with van der Waals surface area (Å²) in [7, 11) is 1.89. The van der Waals surface area contributed by atoms with E-state index >= 15 is 0 Å². The minimum Gasteiger partial charge on any atom is -0.481 e. The molecule has 0 bridgehead atoms. The summed E-state index contributed by atoms with van der Waals surface area (Å²) in [5, 5.41) is 12.1. The Morgan fingerprint density at radius 1 is 1.53 bits per heavy atom. The van der Waals surface area contributed by atoms with Gasteiger partial charge < -0.3 is 5.11 Å². The number of carboxylic acid groups (broad SMARTS) is 1. The van der Waals surface area contributed by atoms with Crippen molar-refractivity contribution < 1.29 is 14.7 Å². The highest BCUT2D eigenvalue weighted by Gasteiger charge is 2.51. The Labute approximate surface area is 88.6 Å². The lowest BCUT2D eigenvalue weighted by molar-refractivity contribution is -0.145. The van der Waals surface area contributed by atoms with Crippen molar-refractivity contribution in [3.05, 3.63) is 0 Å². The van der Waals surface area contributed by atoms with Crippen LogP contribution in [0, 0.1) is 0 Å². The number of carboxylic acids is 1. The number of carbonyl (C=O) groups is 2. The van der Waals surface area contributed by atoms with E-state index in [9.17, 15) is 9.59 Å². The van der Waals surface area contributed by atoms with Gasteiger partial charge in [-0.2, -0.15) is 0 Å². The second-order valence-corrected chi connectivity index (χ2v) is 4.44. The van der Waals surface area contributed by atoms with E-state index in [0.717, 1.165) is 12.8 Å². The molecular weight excluding hydrogens is 196 g/mol. The van der Waals surface area contributed by atoms with Gasteiger partial charge in [-0.15, -0.1) is 0 Å². The number of hydrogen-bond donors (Lipinski definition) is 1. The van der Waals surface area contributed by atoms with E-state index in [2.05, 4.69) is 0 Å². The fraction of sp³-hybridized carbons (Fsp3) is 0.800. The summed E-state index contributed by atoms with van der Waals surface area (Å²) in [4.78, 5) is 22.2. The molecule has 2 aliphatic rings. The van der Waals surface area contributed by atoms with Crippen molar-refractivity contribution in [1.29, 1.82) is 0 Å². The van der Waals surface area contributed by atoms with Crippen molar-refractivity contribution in [2.75, 3.05) is 13.6 Å². The van der Waals surface area contributed by atoms with Crippen LogP contribution in [0.3, 0.4) is 0 Å². The first kappa shape index (κ1) is 10.4. The van der Waals surface area contributed by atoms with Gasteiger partial charge in [0, 0.05) is 25.6 Å². The van der Waals surface area contributed by atoms with Gasteiger partial charge in [0.15, 0.2) is 0 Å². The molecule has 1 saturated carbocycles. The van der Waals surface area contributed by atoms with Crippen LogP contribution in [0.1, 0.15) is 32.1 Å². The van der Waals surface area contributed by atoms with Crippen LogP contribution >= 0.6 is 0 Å². The summed E-state index contributed by atoms with van der Waals surface area (Å²) in [6.45, 7) is 0.298. The molecule has 2 rings (SSSR count). The third-order valence-corrected chi connectivity index (χ3v) is 3.64. The molecule has 1 aliphatic carbocycles. The molecule has 1 N–H and O–H groups in total. The molecule has 0 atom stereocenters. The van der Waals surface area contributed by atoms with Gasteiger partial charge in [-0.25, -0.2) is 5.01 Å². The molecule has 0 aromatic heterocycles. The van der Waals surface area contributed by atoms with Crippen LogP contribution < -0.4 is 0 Å². The summed E-state index contributed by atoms with van der Waals surface area (Å²) in [5.41, 5.74) is 0.0234. The lowest BCUT2D eigenvalue weighted by Gasteiger charge is -2.44. The zero-order valence-corrected chi connectivity index (χ0v) is 8.90. The third kappa shape index (κ3) is 1.61. The molecule has 0 aromatic rings. The van der Waals surface area contributed by atoms with Crippen LogP contribution in [0.25, 0.3) is 0 Å². The van der Waals surface area contributed by atoms with Gasteiger partial charge in [-0.05, 0) is 19.3 Å². The molecule has 1 aliphatic heterocycles. The first-order chi connectivity index (χ1) is 7.05. The quantitative estimate of drug-likeness (QED) is 0.738. The molecule has 0 radical (unpaired) electrons. The zero-order valence-electron chi connectivity index (χ0n) is 8.90. The smallest absolute Gasteiger partial charge is 0.305 e. The fourth-order valence-corrected chi connectivity index (χ4v) is 2.47. The lowest BCUT2D eigenvalue weighted by Crippen LogP contribution is -2.52. The lowest BCUT2D eigenvalue weighted by atomic mass is 9.75. The van der Waals surface area contributed by atoms with Gasteiger partial charge in [0.1, 0.15) is 0 Å². The van der Waals surface area contributed by atoms with Crippen LogP contribution in [0.2, 0.25) is 0 Å². The molecule has 0 unspecified atom stereocenters. The number of carbonyl (C=O) groups excluding carboxylic acids is 1. The standard InChI is InChI=1S/C10H16N2O3/c1-11-10(4-2-5-10)7-8(13)12(11)6-3-9(14)15/h2-7H2,1H3,(H,14,15). The van der Waals surface area contributed by atoms with Crippen LogP contribution in [0.15, 0.2) is 0 Å². The molecule has 5 heteroatoms. The van der Waals surface area contributed by atoms with Crippen molar-refractivity contribution in [3.63, 3.8) is 0 Å². The van der Waals surface area contributed by atoms with Crippen molar-refractivity contribution in [2.24, 2.45) is 0 Å². The predicted molar refractivity (Wildman–Crippen MR) is 52.9 cm³/mol. The molecule has 15 heavy (non-hydrogen) atoms. The third-order valence-electron chi connectivity index (χ3n) is 3.64. The number of rotatable bonds is 3. The number of aliphatic carboxylic acids is 1. The average molecular weight is 212 g/mol. The highest BCUT2D eigenvalue weighted by atomic mass is 16.4. The predicted octanol–water partition coefficient (Wildman–Crippen LogP) is 0.463. The number of amides is 1. The van der Waals surface area contributed by atoms with Gasteiger partial charge in [0.05, 0.1) is 6.42 Å². The molecule has 2 fully saturated rings. The van der Waals surface area contributed by atoms with Gasteiger partial charge in [0.2, 0.25) is 5.91 Å². The van der Waals surface area contributed by atoms with E-state index < -0.39 is 5.97 Å². The van der Waals surface area contributed by atoms with Crippen molar-refractivity contribution in [2.45, 2.75) is 37.6 Å². The fourth-order valence-electron chi connectivity index (χ4n) is 2.47. The van der Waals surface area contributed by atoms with Crippen LogP contribution in [-0.4, -0.2) is 46.1 Å². The Hall–Kier alpha value is -1.10. The largest absolute Gasteiger partial charge is 0.481 e. The summed E-state index contributed by atoms with van der Waals surface area (Å²) >= 11 is 0. The maximum absolute atomic E-state index is 11.7. The number of nitrogens with zero attached hydrogens (tertiary/aromatic N) is 2. The SMILES string of the molecule is CN1N(CCC(=O)O)C(=O)CC12CCC2. The minimum atomic E-state index is -0.856. The van der Waals surface area contributed by atoms with E-state index in [1.807, 2.05) is 12.1 Å². The minimum absolute atomic E-state index is 0.0200. The normalized spacial score (nSPS) is 24.6. The molecule has 0 aromatic carbocycles. The first-order valence-corrected chi connectivity index (χ1v) is 5.31. The second-order valence-electron chi connectivity index (χ2n) is 4.44. The number of hydrazine groups is 1. The van der Waals surface area contributed by atoms with Crippen molar-refractivity contribution in [1.82, 2.24) is 10.0 Å². The highest BCUT2D eigenvalue weighted by Crippen LogP contribution is 2.44. The van der Waals surface area contributed by atoms with Gasteiger partial charge in [-0.1, -0.05) is 0 Å². The van der Waals surface area contributed by atoms with E-state index in [4.69, 9.17) is 5.11 Å². The van der Waals surface area contributed by atoms with Crippen LogP contribution in [-0.2, 0) is 9.59 Å². The van der Waals surface area contributed by atoms with Gasteiger partial charge in [0.25, 0.3) is 0 Å². The van der Waals surface area contributed by atoms with Crippen LogP contribution in [0.4, 0.5) is 0 Å². The van der Waals surface area contributed by atoms with Gasteiger partial charge in [-0.3, -0.25) is 14.6 Å². The molecule has 5 nitrogen and oxygen atoms in total. The number of hydrogen-bond acceptors (Lipinski definition) is 3. The summed E-state index contributed by atoms with van der Waals surface area (Å²) in [6, 6.07) is 0. The molecular formula is C10H16N2O3. The monoisotopic (exact) mass is 212 g/mol. The topological polar surface area (TPSA) is 60.9 Å². The Bertz CT molecular complexity index is 299. The van der Waals surface area contributed by atoms with E-state index in [1.54, 1.807) is 5.01 Å². The average Bonchev–Trinajstić information content (AvgIpc) is 2.35. The van der Waals surface area contributed by atoms with Gasteiger partial charge >= 0.3 is 5.97 Å². The summed E-state index contributed by atoms with van der Waals surface area (Å²) < 4.78 is 0. The zero-order chi connectivity index (χ0) is 11.1. The molecule has 1 spiro atoms. The highest BCUT2D eigenvalue weighted by molar-refractivity contribution is 5.80. The second kappa shape index (κ2) is 3.48. The van der Waals surface area contributed by atoms with Crippen molar-refractivity contribution >= 4 is 11.9 Å². The summed E-state index contributed by atoms with van der Waals surface area (Å²) in [6.07, 6.45) is 3.86. The Kier molecular flexibility index (Phi) is 2.42. The van der Waals surface area contributed by atoms with E-state index in [-0.39, 0.29) is 17.9 Å². The Balaban J connectivity index is 2.00. The molecule has 1 saturated heterocycles. The molecule has 84 valence electrons. The first-order valence-electron chi connectivity index (χ1n) is 5.31. The van der Waals surface area contributed by atoms with E-state index in [1.165, 1.54) is 6.42 Å². The van der Waals surface area contributed by atoms with Crippen molar-refractivity contribution in [3.8, 4) is 0 Å². The maximum Gasteiger partial charge on any atom is 0.305 e. The Morgan fingerprint density at radius 3 is 2.60 bits per heavy atom. The molecule has 1 heterocycles. The van der Waals surface area contributed by atoms with Crippen LogP contribution in [0.5, 0.6) is 0 Å². The summed E-state index contributed by atoms with van der Waals surface area (Å²) in [5.74, 6) is -0.788.